The molecule has 1 N–H and O–H groups in total. The minimum atomic E-state index is -0.607. The van der Waals surface area contributed by atoms with Crippen molar-refractivity contribution < 1.29 is 14.4 Å². The highest BCUT2D eigenvalue weighted by Crippen LogP contribution is 2.30. The number of hydrogen-bond acceptors (Lipinski definition) is 3. The van der Waals surface area contributed by atoms with Gasteiger partial charge in [0.05, 0.1) is 6.57 Å². The topological polar surface area (TPSA) is 70.8 Å². The molecule has 0 aromatic heterocycles. The lowest BCUT2D eigenvalue weighted by atomic mass is 10.0. The molecule has 1 aromatic rings. The van der Waals surface area contributed by atoms with E-state index in [9.17, 15) is 14.4 Å². The molecule has 1 unspecified atom stereocenters. The van der Waals surface area contributed by atoms with Gasteiger partial charge in [0.2, 0.25) is 11.8 Å². The summed E-state index contributed by atoms with van der Waals surface area (Å²) in [7, 11) is 0. The number of nitrogens with zero attached hydrogens (tertiary/aromatic N) is 2. The van der Waals surface area contributed by atoms with Crippen LogP contribution >= 0.6 is 0 Å². The molecule has 1 atom stereocenters. The van der Waals surface area contributed by atoms with Crippen molar-refractivity contribution in [2.24, 2.45) is 0 Å². The lowest BCUT2D eigenvalue weighted by Crippen LogP contribution is -2.52. The molecule has 1 saturated heterocycles. The molecule has 1 aromatic carbocycles. The third-order valence-electron chi connectivity index (χ3n) is 3.64. The number of nitrogens with one attached hydrogen (secondary N) is 1. The summed E-state index contributed by atoms with van der Waals surface area (Å²) in [4.78, 5) is 40.1. The second-order valence-electron chi connectivity index (χ2n) is 4.85. The molecule has 3 rings (SSSR count). The van der Waals surface area contributed by atoms with Gasteiger partial charge in [0.1, 0.15) is 6.04 Å². The highest BCUT2D eigenvalue weighted by Gasteiger charge is 2.38. The molecule has 3 amide bonds. The predicted molar refractivity (Wildman–Crippen MR) is 68.7 cm³/mol. The fourth-order valence-corrected chi connectivity index (χ4v) is 2.61. The normalized spacial score (nSPS) is 21.4. The van der Waals surface area contributed by atoms with Gasteiger partial charge >= 0.3 is 0 Å². The molecule has 100 valence electrons. The van der Waals surface area contributed by atoms with E-state index < -0.39 is 11.9 Å². The Hall–Kier alpha value is -2.68. The van der Waals surface area contributed by atoms with E-state index in [0.717, 1.165) is 5.56 Å². The summed E-state index contributed by atoms with van der Waals surface area (Å²) >= 11 is 0. The third kappa shape index (κ3) is 1.84. The van der Waals surface area contributed by atoms with Crippen LogP contribution in [0.4, 0.5) is 5.69 Å². The summed E-state index contributed by atoms with van der Waals surface area (Å²) in [6.07, 6.45) is 0.587. The van der Waals surface area contributed by atoms with Crippen molar-refractivity contribution in [3.05, 3.63) is 40.7 Å². The van der Waals surface area contributed by atoms with Gasteiger partial charge in [-0.25, -0.2) is 4.85 Å². The van der Waals surface area contributed by atoms with E-state index in [2.05, 4.69) is 10.2 Å². The SMILES string of the molecule is [C-]#[N+]c1ccc2c(c1)C(=O)N(C1CCC(=O)NC1=O)C2. The molecule has 6 heteroatoms. The summed E-state index contributed by atoms with van der Waals surface area (Å²) in [6.45, 7) is 7.32. The Balaban J connectivity index is 1.89. The zero-order valence-corrected chi connectivity index (χ0v) is 10.5. The molecule has 2 aliphatic rings. The standard InChI is InChI=1S/C14H11N3O3/c1-15-9-3-2-8-7-17(14(20)10(8)6-9)11-4-5-12(18)16-13(11)19/h2-3,6,11H,4-5,7H2,(H,16,18,19). The lowest BCUT2D eigenvalue weighted by Gasteiger charge is -2.29. The van der Waals surface area contributed by atoms with Gasteiger partial charge in [0.15, 0.2) is 5.69 Å². The van der Waals surface area contributed by atoms with Crippen LogP contribution in [0, 0.1) is 6.57 Å². The minimum absolute atomic E-state index is 0.240. The Labute approximate surface area is 115 Å². The fraction of sp³-hybridized carbons (Fsp3) is 0.286. The van der Waals surface area contributed by atoms with Crippen molar-refractivity contribution in [1.82, 2.24) is 10.2 Å². The van der Waals surface area contributed by atoms with Crippen molar-refractivity contribution in [2.75, 3.05) is 0 Å². The first-order valence-corrected chi connectivity index (χ1v) is 6.25. The molecule has 2 heterocycles. The number of hydrogen-bond donors (Lipinski definition) is 1. The van der Waals surface area contributed by atoms with Gasteiger partial charge < -0.3 is 4.90 Å². The number of carbonyl (C=O) groups excluding carboxylic acids is 3. The molecule has 6 nitrogen and oxygen atoms in total. The molecular weight excluding hydrogens is 258 g/mol. The molecule has 20 heavy (non-hydrogen) atoms. The summed E-state index contributed by atoms with van der Waals surface area (Å²) in [6, 6.07) is 4.35. The smallest absolute Gasteiger partial charge is 0.253 e. The van der Waals surface area contributed by atoms with Crippen LogP contribution in [0.25, 0.3) is 4.85 Å². The maximum absolute atomic E-state index is 12.3. The van der Waals surface area contributed by atoms with Gasteiger partial charge in [-0.05, 0) is 18.1 Å². The van der Waals surface area contributed by atoms with Crippen LogP contribution in [0.5, 0.6) is 0 Å². The monoisotopic (exact) mass is 269 g/mol. The Morgan fingerprint density at radius 1 is 1.30 bits per heavy atom. The zero-order valence-electron chi connectivity index (χ0n) is 10.5. The van der Waals surface area contributed by atoms with Gasteiger partial charge in [-0.15, -0.1) is 0 Å². The highest BCUT2D eigenvalue weighted by atomic mass is 16.2. The first kappa shape index (κ1) is 12.4. The van der Waals surface area contributed by atoms with Crippen LogP contribution in [0.3, 0.4) is 0 Å². The second-order valence-corrected chi connectivity index (χ2v) is 4.85. The van der Waals surface area contributed by atoms with Crippen molar-refractivity contribution in [3.8, 4) is 0 Å². The predicted octanol–water partition coefficient (Wildman–Crippen LogP) is 0.998. The fourth-order valence-electron chi connectivity index (χ4n) is 2.61. The van der Waals surface area contributed by atoms with E-state index in [1.807, 2.05) is 0 Å². The number of benzene rings is 1. The molecular formula is C14H11N3O3. The van der Waals surface area contributed by atoms with Crippen molar-refractivity contribution in [1.29, 1.82) is 0 Å². The summed E-state index contributed by atoms with van der Waals surface area (Å²) in [5.41, 5.74) is 1.69. The third-order valence-corrected chi connectivity index (χ3v) is 3.64. The van der Waals surface area contributed by atoms with E-state index in [1.54, 1.807) is 18.2 Å². The van der Waals surface area contributed by atoms with Crippen molar-refractivity contribution >= 4 is 23.4 Å². The Morgan fingerprint density at radius 2 is 2.10 bits per heavy atom. The second kappa shape index (κ2) is 4.46. The maximum atomic E-state index is 12.3. The number of fused-ring (bicyclic) bond motifs is 1. The van der Waals surface area contributed by atoms with Crippen LogP contribution in [0.1, 0.15) is 28.8 Å². The largest absolute Gasteiger partial charge is 0.322 e. The first-order valence-electron chi connectivity index (χ1n) is 6.25. The van der Waals surface area contributed by atoms with Crippen LogP contribution in [-0.4, -0.2) is 28.7 Å². The van der Waals surface area contributed by atoms with Gasteiger partial charge in [0, 0.05) is 18.5 Å². The number of piperidine rings is 1. The van der Waals surface area contributed by atoms with E-state index >= 15 is 0 Å². The first-order chi connectivity index (χ1) is 9.60. The number of imide groups is 1. The van der Waals surface area contributed by atoms with Gasteiger partial charge in [-0.2, -0.15) is 0 Å². The summed E-state index contributed by atoms with van der Waals surface area (Å²) in [5.74, 6) is -0.974. The van der Waals surface area contributed by atoms with Crippen LogP contribution in [-0.2, 0) is 16.1 Å². The number of amides is 3. The summed E-state index contributed by atoms with van der Waals surface area (Å²) < 4.78 is 0. The van der Waals surface area contributed by atoms with Crippen LogP contribution < -0.4 is 5.32 Å². The molecule has 0 saturated carbocycles. The van der Waals surface area contributed by atoms with Crippen molar-refractivity contribution in [2.45, 2.75) is 25.4 Å². The summed E-state index contributed by atoms with van der Waals surface area (Å²) in [5, 5.41) is 2.26. The Bertz CT molecular complexity index is 675. The number of carbonyl (C=O) groups is 3. The average Bonchev–Trinajstić information content (AvgIpc) is 2.76. The molecule has 2 aliphatic heterocycles. The lowest BCUT2D eigenvalue weighted by molar-refractivity contribution is -0.136. The van der Waals surface area contributed by atoms with E-state index in [1.165, 1.54) is 4.90 Å². The highest BCUT2D eigenvalue weighted by molar-refractivity contribution is 6.05. The zero-order chi connectivity index (χ0) is 14.3. The molecule has 0 bridgehead atoms. The molecule has 1 fully saturated rings. The Morgan fingerprint density at radius 3 is 2.80 bits per heavy atom. The average molecular weight is 269 g/mol. The molecule has 0 radical (unpaired) electrons. The van der Waals surface area contributed by atoms with Gasteiger partial charge in [0.25, 0.3) is 5.91 Å². The van der Waals surface area contributed by atoms with Crippen molar-refractivity contribution in [3.63, 3.8) is 0 Å². The van der Waals surface area contributed by atoms with Crippen LogP contribution in [0.2, 0.25) is 0 Å². The molecule has 0 spiro atoms. The van der Waals surface area contributed by atoms with Gasteiger partial charge in [-0.3, -0.25) is 19.7 Å². The Kier molecular flexibility index (Phi) is 2.75. The maximum Gasteiger partial charge on any atom is 0.253 e. The van der Waals surface area contributed by atoms with Crippen LogP contribution in [0.15, 0.2) is 18.2 Å². The quantitative estimate of drug-likeness (QED) is 0.610. The van der Waals surface area contributed by atoms with Gasteiger partial charge in [-0.1, -0.05) is 12.1 Å². The van der Waals surface area contributed by atoms with E-state index in [-0.39, 0.29) is 18.2 Å². The van der Waals surface area contributed by atoms with E-state index in [4.69, 9.17) is 6.57 Å². The van der Waals surface area contributed by atoms with E-state index in [0.29, 0.717) is 24.2 Å². The molecule has 0 aliphatic carbocycles. The minimum Gasteiger partial charge on any atom is -0.322 e. The number of rotatable bonds is 1.